The van der Waals surface area contributed by atoms with Gasteiger partial charge in [0.15, 0.2) is 0 Å². The van der Waals surface area contributed by atoms with E-state index in [1.165, 1.54) is 11.3 Å². The Morgan fingerprint density at radius 2 is 1.85 bits per heavy atom. The predicted octanol–water partition coefficient (Wildman–Crippen LogP) is 4.07. The average molecular weight is 443 g/mol. The Labute approximate surface area is 168 Å². The van der Waals surface area contributed by atoms with Crippen LogP contribution in [0.5, 0.6) is 0 Å². The first-order valence-corrected chi connectivity index (χ1v) is 9.97. The van der Waals surface area contributed by atoms with Gasteiger partial charge in [-0.05, 0) is 40.2 Å². The molecule has 1 atom stereocenters. The van der Waals surface area contributed by atoms with E-state index in [4.69, 9.17) is 0 Å². The van der Waals surface area contributed by atoms with Crippen molar-refractivity contribution >= 4 is 49.9 Å². The van der Waals surface area contributed by atoms with E-state index in [0.29, 0.717) is 28.1 Å². The van der Waals surface area contributed by atoms with Crippen molar-refractivity contribution in [3.63, 3.8) is 0 Å². The second-order valence-electron chi connectivity index (χ2n) is 6.12. The number of nitrogens with zero attached hydrogens (tertiary/aromatic N) is 3. The van der Waals surface area contributed by atoms with E-state index in [2.05, 4.69) is 31.4 Å². The quantitative estimate of drug-likeness (QED) is 0.660. The van der Waals surface area contributed by atoms with Crippen LogP contribution in [0.3, 0.4) is 0 Å². The van der Waals surface area contributed by atoms with Crippen molar-refractivity contribution in [1.82, 2.24) is 10.2 Å². The first kappa shape index (κ1) is 17.8. The van der Waals surface area contributed by atoms with Crippen molar-refractivity contribution in [3.05, 3.63) is 69.6 Å². The van der Waals surface area contributed by atoms with Crippen LogP contribution in [0, 0.1) is 0 Å². The molecule has 136 valence electrons. The fourth-order valence-electron chi connectivity index (χ4n) is 2.99. The molecule has 1 fully saturated rings. The maximum atomic E-state index is 12.4. The summed E-state index contributed by atoms with van der Waals surface area (Å²) in [4.78, 5) is 26.5. The Hall–Kier alpha value is -2.58. The van der Waals surface area contributed by atoms with Gasteiger partial charge in [-0.2, -0.15) is 0 Å². The van der Waals surface area contributed by atoms with Crippen LogP contribution < -0.4 is 10.2 Å². The van der Waals surface area contributed by atoms with Crippen molar-refractivity contribution in [2.24, 2.45) is 0 Å². The first-order chi connectivity index (χ1) is 13.1. The SMILES string of the molecule is O=C(Nc1nnc([C@H]2CC(=O)N(c3ccccc3)C2)s1)c1ccccc1Br. The lowest BCUT2D eigenvalue weighted by atomic mass is 10.1. The van der Waals surface area contributed by atoms with Crippen molar-refractivity contribution in [3.8, 4) is 0 Å². The van der Waals surface area contributed by atoms with Gasteiger partial charge in [-0.3, -0.25) is 14.9 Å². The third kappa shape index (κ3) is 3.77. The molecular weight excluding hydrogens is 428 g/mol. The minimum atomic E-state index is -0.251. The minimum Gasteiger partial charge on any atom is -0.312 e. The number of nitrogens with one attached hydrogen (secondary N) is 1. The molecule has 2 amide bonds. The Bertz CT molecular complexity index is 992. The number of benzene rings is 2. The summed E-state index contributed by atoms with van der Waals surface area (Å²) >= 11 is 4.68. The molecule has 1 N–H and O–H groups in total. The van der Waals surface area contributed by atoms with Crippen LogP contribution in [-0.4, -0.2) is 28.6 Å². The predicted molar refractivity (Wildman–Crippen MR) is 108 cm³/mol. The second-order valence-corrected chi connectivity index (χ2v) is 7.98. The summed E-state index contributed by atoms with van der Waals surface area (Å²) in [6, 6.07) is 16.8. The number of anilines is 2. The third-order valence-corrected chi connectivity index (χ3v) is 6.01. The van der Waals surface area contributed by atoms with Gasteiger partial charge in [0, 0.05) is 29.0 Å². The summed E-state index contributed by atoms with van der Waals surface area (Å²) < 4.78 is 0.715. The van der Waals surface area contributed by atoms with Crippen LogP contribution in [-0.2, 0) is 4.79 Å². The van der Waals surface area contributed by atoms with Gasteiger partial charge in [0.1, 0.15) is 5.01 Å². The zero-order valence-corrected chi connectivity index (χ0v) is 16.5. The molecule has 0 aliphatic carbocycles. The number of aromatic nitrogens is 2. The molecule has 6 nitrogen and oxygen atoms in total. The molecule has 1 aliphatic heterocycles. The number of carbonyl (C=O) groups excluding carboxylic acids is 2. The van der Waals surface area contributed by atoms with Crippen LogP contribution in [0.25, 0.3) is 0 Å². The molecule has 0 radical (unpaired) electrons. The largest absolute Gasteiger partial charge is 0.312 e. The number of carbonyl (C=O) groups is 2. The van der Waals surface area contributed by atoms with Crippen LogP contribution >= 0.6 is 27.3 Å². The lowest BCUT2D eigenvalue weighted by Crippen LogP contribution is -2.24. The maximum absolute atomic E-state index is 12.4. The van der Waals surface area contributed by atoms with Gasteiger partial charge >= 0.3 is 0 Å². The summed E-state index contributed by atoms with van der Waals surface area (Å²) in [7, 11) is 0. The van der Waals surface area contributed by atoms with Crippen LogP contribution in [0.2, 0.25) is 0 Å². The lowest BCUT2D eigenvalue weighted by Gasteiger charge is -2.15. The van der Waals surface area contributed by atoms with Gasteiger partial charge in [0.25, 0.3) is 5.91 Å². The second kappa shape index (κ2) is 7.58. The zero-order valence-electron chi connectivity index (χ0n) is 14.1. The summed E-state index contributed by atoms with van der Waals surface area (Å²) in [6.45, 7) is 0.565. The Morgan fingerprint density at radius 3 is 2.63 bits per heavy atom. The molecule has 1 aliphatic rings. The molecule has 0 unspecified atom stereocenters. The molecule has 1 aromatic heterocycles. The number of amides is 2. The number of hydrogen-bond donors (Lipinski definition) is 1. The molecule has 2 aromatic carbocycles. The van der Waals surface area contributed by atoms with E-state index in [-0.39, 0.29) is 17.7 Å². The molecule has 8 heteroatoms. The Kier molecular flexibility index (Phi) is 5.00. The molecule has 4 rings (SSSR count). The highest BCUT2D eigenvalue weighted by molar-refractivity contribution is 9.10. The Morgan fingerprint density at radius 1 is 1.11 bits per heavy atom. The van der Waals surface area contributed by atoms with Crippen molar-refractivity contribution < 1.29 is 9.59 Å². The molecule has 27 heavy (non-hydrogen) atoms. The van der Waals surface area contributed by atoms with Crippen molar-refractivity contribution in [2.45, 2.75) is 12.3 Å². The highest BCUT2D eigenvalue weighted by Gasteiger charge is 2.33. The van der Waals surface area contributed by atoms with E-state index in [1.807, 2.05) is 42.5 Å². The van der Waals surface area contributed by atoms with E-state index in [1.54, 1.807) is 17.0 Å². The highest BCUT2D eigenvalue weighted by atomic mass is 79.9. The van der Waals surface area contributed by atoms with Crippen molar-refractivity contribution in [2.75, 3.05) is 16.8 Å². The highest BCUT2D eigenvalue weighted by Crippen LogP contribution is 2.34. The average Bonchev–Trinajstić information content (AvgIpc) is 3.29. The number of para-hydroxylation sites is 1. The van der Waals surface area contributed by atoms with Gasteiger partial charge in [0.2, 0.25) is 11.0 Å². The lowest BCUT2D eigenvalue weighted by molar-refractivity contribution is -0.117. The molecule has 1 saturated heterocycles. The number of rotatable bonds is 4. The van der Waals surface area contributed by atoms with Gasteiger partial charge in [-0.25, -0.2) is 0 Å². The molecular formula is C19H15BrN4O2S. The van der Waals surface area contributed by atoms with Crippen LogP contribution in [0.4, 0.5) is 10.8 Å². The van der Waals surface area contributed by atoms with E-state index >= 15 is 0 Å². The molecule has 3 aromatic rings. The smallest absolute Gasteiger partial charge is 0.258 e. The first-order valence-electron chi connectivity index (χ1n) is 8.36. The van der Waals surface area contributed by atoms with Crippen LogP contribution in [0.1, 0.15) is 27.7 Å². The van der Waals surface area contributed by atoms with E-state index < -0.39 is 0 Å². The van der Waals surface area contributed by atoms with E-state index in [9.17, 15) is 9.59 Å². The third-order valence-electron chi connectivity index (χ3n) is 4.32. The summed E-state index contributed by atoms with van der Waals surface area (Å²) in [5.74, 6) is -0.205. The van der Waals surface area contributed by atoms with Crippen LogP contribution in [0.15, 0.2) is 59.1 Å². The molecule has 0 saturated carbocycles. The molecule has 0 spiro atoms. The number of hydrogen-bond acceptors (Lipinski definition) is 5. The zero-order chi connectivity index (χ0) is 18.8. The fraction of sp³-hybridized carbons (Fsp3) is 0.158. The van der Waals surface area contributed by atoms with E-state index in [0.717, 1.165) is 10.7 Å². The van der Waals surface area contributed by atoms with Gasteiger partial charge in [-0.15, -0.1) is 10.2 Å². The summed E-state index contributed by atoms with van der Waals surface area (Å²) in [6.07, 6.45) is 0.391. The Balaban J connectivity index is 1.46. The molecule has 0 bridgehead atoms. The molecule has 2 heterocycles. The topological polar surface area (TPSA) is 75.2 Å². The van der Waals surface area contributed by atoms with Gasteiger partial charge < -0.3 is 4.90 Å². The summed E-state index contributed by atoms with van der Waals surface area (Å²) in [5.41, 5.74) is 1.41. The minimum absolute atomic E-state index is 0.0238. The fourth-order valence-corrected chi connectivity index (χ4v) is 4.28. The van der Waals surface area contributed by atoms with Crippen molar-refractivity contribution in [1.29, 1.82) is 0 Å². The monoisotopic (exact) mass is 442 g/mol. The van der Waals surface area contributed by atoms with Gasteiger partial charge in [0.05, 0.1) is 5.56 Å². The maximum Gasteiger partial charge on any atom is 0.258 e. The number of halogens is 1. The van der Waals surface area contributed by atoms with Gasteiger partial charge in [-0.1, -0.05) is 41.7 Å². The summed E-state index contributed by atoms with van der Waals surface area (Å²) in [5, 5.41) is 12.2. The normalized spacial score (nSPS) is 16.6. The standard InChI is InChI=1S/C19H15BrN4O2S/c20-15-9-5-4-8-14(15)17(26)21-19-23-22-18(27-19)12-10-16(25)24(11-12)13-6-2-1-3-7-13/h1-9,12H,10-11H2,(H,21,23,26)/t12-/m0/s1.